The monoisotopic (exact) mass is 272 g/mol. The second kappa shape index (κ2) is 8.32. The number of anilines is 1. The van der Waals surface area contributed by atoms with Gasteiger partial charge in [0.2, 0.25) is 0 Å². The fourth-order valence-corrected chi connectivity index (χ4v) is 1.93. The summed E-state index contributed by atoms with van der Waals surface area (Å²) in [4.78, 5) is 2.02. The molecule has 0 aliphatic heterocycles. The zero-order valence-electron chi connectivity index (χ0n) is 10.9. The molecule has 0 amide bonds. The fraction of sp³-hybridized carbons (Fsp3) is 0.538. The van der Waals surface area contributed by atoms with Crippen LogP contribution in [-0.4, -0.2) is 45.6 Å². The third-order valence-corrected chi connectivity index (χ3v) is 2.92. The molecule has 0 atom stereocenters. The summed E-state index contributed by atoms with van der Waals surface area (Å²) in [6.45, 7) is 2.95. The first-order valence-electron chi connectivity index (χ1n) is 5.99. The minimum Gasteiger partial charge on any atom is -0.395 e. The lowest BCUT2D eigenvalue weighted by atomic mass is 10.1. The smallest absolute Gasteiger partial charge is 0.0606 e. The normalized spacial score (nSPS) is 10.7. The summed E-state index contributed by atoms with van der Waals surface area (Å²) in [5, 5.41) is 13.0. The molecule has 1 rings (SSSR count). The van der Waals surface area contributed by atoms with E-state index in [1.807, 2.05) is 30.1 Å². The number of hydrogen-bond donors (Lipinski definition) is 2. The molecule has 0 radical (unpaired) electrons. The highest BCUT2D eigenvalue weighted by molar-refractivity contribution is 6.30. The van der Waals surface area contributed by atoms with Crippen LogP contribution in [0.25, 0.3) is 0 Å². The van der Waals surface area contributed by atoms with Crippen LogP contribution in [0.15, 0.2) is 18.2 Å². The van der Waals surface area contributed by atoms with E-state index in [-0.39, 0.29) is 6.61 Å². The molecule has 4 nitrogen and oxygen atoms in total. The molecule has 0 heterocycles. The van der Waals surface area contributed by atoms with Crippen LogP contribution < -0.4 is 10.2 Å². The Labute approximate surface area is 114 Å². The second-order valence-electron chi connectivity index (χ2n) is 4.09. The fourth-order valence-electron chi connectivity index (χ4n) is 1.74. The standard InChI is InChI=1S/C13H21ClN2O2/c1-16(6-7-17)13-4-3-12(14)9-11(13)10-15-5-8-18-2/h3-4,9,15,17H,5-8,10H2,1-2H3. The van der Waals surface area contributed by atoms with Crippen molar-refractivity contribution >= 4 is 17.3 Å². The number of nitrogens with one attached hydrogen (secondary N) is 1. The van der Waals surface area contributed by atoms with Crippen LogP contribution in [0.2, 0.25) is 5.02 Å². The van der Waals surface area contributed by atoms with Crippen molar-refractivity contribution in [3.8, 4) is 0 Å². The number of aliphatic hydroxyl groups excluding tert-OH is 1. The Morgan fingerprint density at radius 2 is 2.22 bits per heavy atom. The molecular formula is C13H21ClN2O2. The van der Waals surface area contributed by atoms with E-state index in [4.69, 9.17) is 21.4 Å². The number of methoxy groups -OCH3 is 1. The van der Waals surface area contributed by atoms with Gasteiger partial charge in [-0.25, -0.2) is 0 Å². The number of benzene rings is 1. The minimum absolute atomic E-state index is 0.135. The summed E-state index contributed by atoms with van der Waals surface area (Å²) >= 11 is 6.02. The lowest BCUT2D eigenvalue weighted by molar-refractivity contribution is 0.199. The first-order chi connectivity index (χ1) is 8.69. The molecule has 0 spiro atoms. The maximum atomic E-state index is 8.99. The summed E-state index contributed by atoms with van der Waals surface area (Å²) in [6.07, 6.45) is 0. The average molecular weight is 273 g/mol. The molecule has 18 heavy (non-hydrogen) atoms. The highest BCUT2D eigenvalue weighted by atomic mass is 35.5. The lowest BCUT2D eigenvalue weighted by Crippen LogP contribution is -2.25. The topological polar surface area (TPSA) is 44.7 Å². The highest BCUT2D eigenvalue weighted by Crippen LogP contribution is 2.23. The molecule has 0 aromatic heterocycles. The number of ether oxygens (including phenoxy) is 1. The summed E-state index contributed by atoms with van der Waals surface area (Å²) in [5.41, 5.74) is 2.20. The molecule has 0 fully saturated rings. The molecule has 102 valence electrons. The van der Waals surface area contributed by atoms with E-state index in [2.05, 4.69) is 5.32 Å². The van der Waals surface area contributed by atoms with Crippen LogP contribution >= 0.6 is 11.6 Å². The van der Waals surface area contributed by atoms with Crippen LogP contribution in [0.4, 0.5) is 5.69 Å². The Morgan fingerprint density at radius 3 is 2.89 bits per heavy atom. The Hall–Kier alpha value is -0.810. The first kappa shape index (κ1) is 15.2. The predicted molar refractivity (Wildman–Crippen MR) is 75.4 cm³/mol. The zero-order chi connectivity index (χ0) is 13.4. The van der Waals surface area contributed by atoms with Crippen molar-refractivity contribution in [3.05, 3.63) is 28.8 Å². The first-order valence-corrected chi connectivity index (χ1v) is 6.37. The maximum Gasteiger partial charge on any atom is 0.0606 e. The molecule has 0 unspecified atom stereocenters. The number of likely N-dealkylation sites (N-methyl/N-ethyl adjacent to an activating group) is 1. The van der Waals surface area contributed by atoms with Crippen LogP contribution in [0, 0.1) is 0 Å². The maximum absolute atomic E-state index is 8.99. The van der Waals surface area contributed by atoms with Crippen molar-refractivity contribution in [2.75, 3.05) is 45.4 Å². The van der Waals surface area contributed by atoms with E-state index in [0.29, 0.717) is 13.2 Å². The predicted octanol–water partition coefficient (Wildman–Crippen LogP) is 1.50. The van der Waals surface area contributed by atoms with Crippen molar-refractivity contribution in [1.29, 1.82) is 0 Å². The lowest BCUT2D eigenvalue weighted by Gasteiger charge is -2.22. The molecule has 5 heteroatoms. The molecule has 1 aromatic carbocycles. The largest absolute Gasteiger partial charge is 0.395 e. The van der Waals surface area contributed by atoms with Crippen LogP contribution in [0.3, 0.4) is 0 Å². The molecule has 0 aliphatic rings. The van der Waals surface area contributed by atoms with Gasteiger partial charge in [0.05, 0.1) is 13.2 Å². The molecular weight excluding hydrogens is 252 g/mol. The van der Waals surface area contributed by atoms with Gasteiger partial charge in [0, 0.05) is 44.5 Å². The van der Waals surface area contributed by atoms with E-state index >= 15 is 0 Å². The molecule has 0 aliphatic carbocycles. The van der Waals surface area contributed by atoms with Crippen molar-refractivity contribution in [3.63, 3.8) is 0 Å². The Kier molecular flexibility index (Phi) is 7.05. The van der Waals surface area contributed by atoms with Gasteiger partial charge in [-0.15, -0.1) is 0 Å². The molecule has 2 N–H and O–H groups in total. The molecule has 1 aromatic rings. The Balaban J connectivity index is 2.70. The van der Waals surface area contributed by atoms with Gasteiger partial charge in [-0.3, -0.25) is 0 Å². The number of rotatable bonds is 8. The van der Waals surface area contributed by atoms with E-state index < -0.39 is 0 Å². The number of halogens is 1. The quantitative estimate of drug-likeness (QED) is 0.704. The van der Waals surface area contributed by atoms with Crippen molar-refractivity contribution < 1.29 is 9.84 Å². The van der Waals surface area contributed by atoms with Gasteiger partial charge in [0.1, 0.15) is 0 Å². The molecule has 0 saturated heterocycles. The zero-order valence-corrected chi connectivity index (χ0v) is 11.7. The van der Waals surface area contributed by atoms with Gasteiger partial charge in [0.15, 0.2) is 0 Å². The van der Waals surface area contributed by atoms with Crippen LogP contribution in [0.1, 0.15) is 5.56 Å². The van der Waals surface area contributed by atoms with Gasteiger partial charge in [-0.2, -0.15) is 0 Å². The SMILES string of the molecule is COCCNCc1cc(Cl)ccc1N(C)CCO. The van der Waals surface area contributed by atoms with Crippen LogP contribution in [0.5, 0.6) is 0 Å². The van der Waals surface area contributed by atoms with E-state index in [1.165, 1.54) is 0 Å². The summed E-state index contributed by atoms with van der Waals surface area (Å²) in [7, 11) is 3.64. The summed E-state index contributed by atoms with van der Waals surface area (Å²) in [6, 6.07) is 5.79. The van der Waals surface area contributed by atoms with Crippen molar-refractivity contribution in [2.45, 2.75) is 6.54 Å². The molecule has 0 saturated carbocycles. The number of nitrogens with zero attached hydrogens (tertiary/aromatic N) is 1. The second-order valence-corrected chi connectivity index (χ2v) is 4.52. The Morgan fingerprint density at radius 1 is 1.44 bits per heavy atom. The Bertz CT molecular complexity index is 361. The molecule has 0 bridgehead atoms. The summed E-state index contributed by atoms with van der Waals surface area (Å²) in [5.74, 6) is 0. The van der Waals surface area contributed by atoms with Gasteiger partial charge in [0.25, 0.3) is 0 Å². The summed E-state index contributed by atoms with van der Waals surface area (Å²) < 4.78 is 4.99. The third-order valence-electron chi connectivity index (χ3n) is 2.69. The minimum atomic E-state index is 0.135. The van der Waals surface area contributed by atoms with Gasteiger partial charge in [-0.05, 0) is 23.8 Å². The van der Waals surface area contributed by atoms with E-state index in [1.54, 1.807) is 7.11 Å². The van der Waals surface area contributed by atoms with Crippen molar-refractivity contribution in [1.82, 2.24) is 5.32 Å². The van der Waals surface area contributed by atoms with Gasteiger partial charge < -0.3 is 20.1 Å². The van der Waals surface area contributed by atoms with Crippen LogP contribution in [-0.2, 0) is 11.3 Å². The third kappa shape index (κ3) is 4.82. The van der Waals surface area contributed by atoms with Gasteiger partial charge >= 0.3 is 0 Å². The van der Waals surface area contributed by atoms with E-state index in [0.717, 1.165) is 29.4 Å². The van der Waals surface area contributed by atoms with Crippen molar-refractivity contribution in [2.24, 2.45) is 0 Å². The van der Waals surface area contributed by atoms with E-state index in [9.17, 15) is 0 Å². The van der Waals surface area contributed by atoms with Gasteiger partial charge in [-0.1, -0.05) is 11.6 Å². The number of hydrogen-bond acceptors (Lipinski definition) is 4. The average Bonchev–Trinajstić information content (AvgIpc) is 2.35. The highest BCUT2D eigenvalue weighted by Gasteiger charge is 2.07. The number of aliphatic hydroxyl groups is 1.